The van der Waals surface area contributed by atoms with Crippen molar-refractivity contribution in [2.75, 3.05) is 26.2 Å². The number of carbonyl (C=O) groups excluding carboxylic acids is 2. The topological polar surface area (TPSA) is 52.6 Å². The molecular weight excluding hydrogens is 450 g/mol. The van der Waals surface area contributed by atoms with Gasteiger partial charge in [0.2, 0.25) is 0 Å². The smallest absolute Gasteiger partial charge is 0.252 e. The maximum atomic E-state index is 13.4. The van der Waals surface area contributed by atoms with Gasteiger partial charge < -0.3 is 10.2 Å². The summed E-state index contributed by atoms with van der Waals surface area (Å²) in [7, 11) is 0. The lowest BCUT2D eigenvalue weighted by molar-refractivity contribution is -0.130. The first-order valence-electron chi connectivity index (χ1n) is 11.0. The third kappa shape index (κ3) is 7.45. The second-order valence-corrected chi connectivity index (χ2v) is 11.1. The van der Waals surface area contributed by atoms with Gasteiger partial charge in [0, 0.05) is 28.4 Å². The number of nitrogens with one attached hydrogen (secondary N) is 1. The average Bonchev–Trinajstić information content (AvgIpc) is 2.72. The van der Waals surface area contributed by atoms with Crippen molar-refractivity contribution < 1.29 is 9.59 Å². The van der Waals surface area contributed by atoms with E-state index in [1.165, 1.54) is 11.8 Å². The summed E-state index contributed by atoms with van der Waals surface area (Å²) in [6.45, 7) is 11.6. The third-order valence-corrected chi connectivity index (χ3v) is 7.34. The van der Waals surface area contributed by atoms with Gasteiger partial charge in [-0.25, -0.2) is 0 Å². The molecule has 1 heterocycles. The summed E-state index contributed by atoms with van der Waals surface area (Å²) in [5.74, 6) is -0.425. The summed E-state index contributed by atoms with van der Waals surface area (Å²) in [5.41, 5.74) is 0.475. The van der Waals surface area contributed by atoms with Crippen molar-refractivity contribution in [1.82, 2.24) is 15.1 Å². The van der Waals surface area contributed by atoms with Crippen molar-refractivity contribution in [1.29, 1.82) is 0 Å². The molecule has 1 aromatic carbocycles. The van der Waals surface area contributed by atoms with Crippen LogP contribution in [0.2, 0.25) is 5.02 Å². The maximum Gasteiger partial charge on any atom is 0.252 e. The number of benzene rings is 1. The van der Waals surface area contributed by atoms with Crippen LogP contribution in [-0.2, 0) is 4.79 Å². The van der Waals surface area contributed by atoms with Gasteiger partial charge in [-0.15, -0.1) is 0 Å². The molecule has 5 nitrogen and oxygen atoms in total. The Hall–Kier alpha value is -1.15. The molecule has 0 saturated carbocycles. The number of amides is 2. The lowest BCUT2D eigenvalue weighted by Crippen LogP contribution is -2.62. The second kappa shape index (κ2) is 12.2. The molecule has 1 saturated heterocycles. The van der Waals surface area contributed by atoms with Crippen molar-refractivity contribution in [3.8, 4) is 0 Å². The van der Waals surface area contributed by atoms with Gasteiger partial charge in [0.15, 0.2) is 0 Å². The fourth-order valence-corrected chi connectivity index (χ4v) is 5.45. The monoisotopic (exact) mass is 483 g/mol. The first kappa shape index (κ1) is 26.1. The number of hydrogen-bond donors (Lipinski definition) is 1. The molecule has 1 unspecified atom stereocenters. The zero-order valence-electron chi connectivity index (χ0n) is 18.9. The quantitative estimate of drug-likeness (QED) is 0.450. The minimum atomic E-state index is -0.660. The summed E-state index contributed by atoms with van der Waals surface area (Å²) in [6.07, 6.45) is 4.58. The van der Waals surface area contributed by atoms with Crippen LogP contribution >= 0.6 is 35.6 Å². The Morgan fingerprint density at radius 1 is 1.16 bits per heavy atom. The minimum absolute atomic E-state index is 0.137. The van der Waals surface area contributed by atoms with Crippen LogP contribution in [0.3, 0.4) is 0 Å². The Labute approximate surface area is 201 Å². The van der Waals surface area contributed by atoms with E-state index >= 15 is 0 Å². The number of hydrogen-bond acceptors (Lipinski definition) is 5. The van der Waals surface area contributed by atoms with Gasteiger partial charge in [-0.1, -0.05) is 62.3 Å². The predicted molar refractivity (Wildman–Crippen MR) is 135 cm³/mol. The van der Waals surface area contributed by atoms with Gasteiger partial charge in [0.1, 0.15) is 10.4 Å². The summed E-state index contributed by atoms with van der Waals surface area (Å²) >= 11 is 13.0. The van der Waals surface area contributed by atoms with Crippen LogP contribution in [0.1, 0.15) is 63.7 Å². The molecule has 0 aliphatic carbocycles. The van der Waals surface area contributed by atoms with E-state index in [0.717, 1.165) is 45.3 Å². The molecule has 0 bridgehead atoms. The first-order chi connectivity index (χ1) is 14.7. The number of thiocarbonyl (C=S) groups is 1. The Kier molecular flexibility index (Phi) is 10.3. The number of rotatable bonds is 11. The van der Waals surface area contributed by atoms with Gasteiger partial charge >= 0.3 is 0 Å². The number of halogens is 1. The zero-order chi connectivity index (χ0) is 23.0. The van der Waals surface area contributed by atoms with Gasteiger partial charge in [0.25, 0.3) is 11.8 Å². The van der Waals surface area contributed by atoms with Gasteiger partial charge in [0.05, 0.1) is 0 Å². The van der Waals surface area contributed by atoms with Crippen molar-refractivity contribution in [2.45, 2.75) is 64.2 Å². The van der Waals surface area contributed by atoms with Crippen molar-refractivity contribution in [3.05, 3.63) is 34.9 Å². The molecule has 8 heteroatoms. The lowest BCUT2D eigenvalue weighted by Gasteiger charge is -2.43. The number of unbranched alkanes of at least 4 members (excludes halogenated alkanes) is 2. The molecule has 1 fully saturated rings. The zero-order valence-corrected chi connectivity index (χ0v) is 21.3. The Balaban J connectivity index is 2.09. The van der Waals surface area contributed by atoms with Crippen LogP contribution in [0.15, 0.2) is 24.3 Å². The van der Waals surface area contributed by atoms with Gasteiger partial charge in [-0.05, 0) is 64.0 Å². The Bertz CT molecular complexity index is 763. The van der Waals surface area contributed by atoms with E-state index in [2.05, 4.69) is 24.1 Å². The molecule has 31 heavy (non-hydrogen) atoms. The van der Waals surface area contributed by atoms with Crippen LogP contribution < -0.4 is 5.32 Å². The highest BCUT2D eigenvalue weighted by Crippen LogP contribution is 2.36. The molecule has 1 aliphatic rings. The van der Waals surface area contributed by atoms with E-state index in [0.29, 0.717) is 21.5 Å². The molecular formula is C23H34ClN3O2S2. The lowest BCUT2D eigenvalue weighted by atomic mass is 10.0. The van der Waals surface area contributed by atoms with Crippen LogP contribution in [0.4, 0.5) is 0 Å². The van der Waals surface area contributed by atoms with E-state index < -0.39 is 10.8 Å². The molecule has 0 spiro atoms. The van der Waals surface area contributed by atoms with Gasteiger partial charge in [-0.3, -0.25) is 14.5 Å². The number of thioether (sulfide) groups is 1. The highest BCUT2D eigenvalue weighted by atomic mass is 35.5. The normalized spacial score (nSPS) is 18.5. The number of carbonyl (C=O) groups is 2. The van der Waals surface area contributed by atoms with Gasteiger partial charge in [-0.2, -0.15) is 0 Å². The molecule has 1 atom stereocenters. The van der Waals surface area contributed by atoms with Crippen LogP contribution in [0, 0.1) is 0 Å². The summed E-state index contributed by atoms with van der Waals surface area (Å²) < 4.78 is 0.0505. The highest BCUT2D eigenvalue weighted by molar-refractivity contribution is 8.24. The fraction of sp³-hybridized carbons (Fsp3) is 0.609. The fourth-order valence-electron chi connectivity index (χ4n) is 3.48. The molecule has 0 aromatic heterocycles. The van der Waals surface area contributed by atoms with Crippen molar-refractivity contribution in [2.24, 2.45) is 0 Å². The molecule has 1 aromatic rings. The highest BCUT2D eigenvalue weighted by Gasteiger charge is 2.46. The predicted octanol–water partition coefficient (Wildman–Crippen LogP) is 4.98. The van der Waals surface area contributed by atoms with Crippen LogP contribution in [0.25, 0.3) is 0 Å². The standard InChI is InChI=1S/C23H34ClN3O2S2/c1-5-7-13-26(14-8-6-2)15-16-27-21(29)19(23(3,4)31-22(27)30)25-20(28)17-9-11-18(24)12-10-17/h9-12,19H,5-8,13-16H2,1-4H3,(H,25,28). The summed E-state index contributed by atoms with van der Waals surface area (Å²) in [4.78, 5) is 30.2. The Morgan fingerprint density at radius 2 is 1.74 bits per heavy atom. The Morgan fingerprint density at radius 3 is 2.29 bits per heavy atom. The molecule has 2 rings (SSSR count). The third-order valence-electron chi connectivity index (χ3n) is 5.46. The maximum absolute atomic E-state index is 13.4. The van der Waals surface area contributed by atoms with E-state index in [9.17, 15) is 9.59 Å². The largest absolute Gasteiger partial charge is 0.339 e. The van der Waals surface area contributed by atoms with Crippen LogP contribution in [0.5, 0.6) is 0 Å². The average molecular weight is 484 g/mol. The van der Waals surface area contributed by atoms with E-state index in [1.54, 1.807) is 29.2 Å². The van der Waals surface area contributed by atoms with E-state index in [4.69, 9.17) is 23.8 Å². The van der Waals surface area contributed by atoms with E-state index in [1.807, 2.05) is 13.8 Å². The molecule has 2 amide bonds. The van der Waals surface area contributed by atoms with Crippen molar-refractivity contribution >= 4 is 51.7 Å². The van der Waals surface area contributed by atoms with Crippen LogP contribution in [-0.4, -0.2) is 62.9 Å². The second-order valence-electron chi connectivity index (χ2n) is 8.42. The van der Waals surface area contributed by atoms with Crippen molar-refractivity contribution in [3.63, 3.8) is 0 Å². The molecule has 1 aliphatic heterocycles. The molecule has 172 valence electrons. The summed E-state index contributed by atoms with van der Waals surface area (Å²) in [6, 6.07) is 6.00. The number of nitrogens with zero attached hydrogens (tertiary/aromatic N) is 2. The summed E-state index contributed by atoms with van der Waals surface area (Å²) in [5, 5.41) is 3.50. The molecule has 0 radical (unpaired) electrons. The van der Waals surface area contributed by atoms with E-state index in [-0.39, 0.29) is 11.8 Å². The SMILES string of the molecule is CCCCN(CCCC)CCN1C(=O)C(NC(=O)c2ccc(Cl)cc2)C(C)(C)SC1=S. The first-order valence-corrected chi connectivity index (χ1v) is 12.6. The molecule has 1 N–H and O–H groups in total. The minimum Gasteiger partial charge on any atom is -0.339 e.